The number of hydrogen-bond donors (Lipinski definition) is 1. The van der Waals surface area contributed by atoms with E-state index in [-0.39, 0.29) is 51.4 Å². The number of aryl methyl sites for hydroxylation is 2. The topological polar surface area (TPSA) is 68.5 Å². The maximum Gasteiger partial charge on any atom is 0.258 e. The molecule has 35 heavy (non-hydrogen) atoms. The van der Waals surface area contributed by atoms with Crippen molar-refractivity contribution in [3.63, 3.8) is 0 Å². The number of halogens is 2. The van der Waals surface area contributed by atoms with Crippen molar-refractivity contribution in [2.75, 3.05) is 6.61 Å². The molecule has 4 aromatic rings. The van der Waals surface area contributed by atoms with Crippen molar-refractivity contribution in [2.24, 2.45) is 0 Å². The van der Waals surface area contributed by atoms with Crippen LogP contribution < -0.4 is 15.5 Å². The molecule has 0 aliphatic rings. The minimum Gasteiger partial charge on any atom is -0.484 e. The molecule has 1 amide bonds. The van der Waals surface area contributed by atoms with Crippen molar-refractivity contribution < 1.29 is 18.3 Å². The number of carbonyl (C=O) groups excluding carboxylic acids is 1. The van der Waals surface area contributed by atoms with Crippen molar-refractivity contribution in [2.45, 2.75) is 32.7 Å². The first kappa shape index (κ1) is 24.5. The lowest BCUT2D eigenvalue weighted by Gasteiger charge is -2.14. The standard InChI is InChI=1S/C28H25ClFNO4/c1-17(11-12-19-7-4-3-5-8-19)31-25(32)16-34-20-13-14-21-24(15-20)35-18(2)26(28(21)33)27-22(29)9-6-10-23(27)30/h3-10,13-15,17H,11-12,16H2,1-2H3,(H,31,32)/t17-/m0/s1. The first-order valence-corrected chi connectivity index (χ1v) is 11.7. The minimum absolute atomic E-state index is 0.00722. The average Bonchev–Trinajstić information content (AvgIpc) is 2.83. The third-order valence-corrected chi connectivity index (χ3v) is 6.05. The molecule has 7 heteroatoms. The summed E-state index contributed by atoms with van der Waals surface area (Å²) in [6.07, 6.45) is 1.68. The minimum atomic E-state index is -0.601. The zero-order valence-corrected chi connectivity index (χ0v) is 20.2. The zero-order valence-electron chi connectivity index (χ0n) is 19.4. The molecule has 0 radical (unpaired) electrons. The van der Waals surface area contributed by atoms with Crippen molar-refractivity contribution in [1.29, 1.82) is 0 Å². The maximum absolute atomic E-state index is 14.4. The lowest BCUT2D eigenvalue weighted by Crippen LogP contribution is -2.36. The molecule has 180 valence electrons. The fourth-order valence-corrected chi connectivity index (χ4v) is 4.22. The van der Waals surface area contributed by atoms with Gasteiger partial charge in [0.1, 0.15) is 22.9 Å². The van der Waals surface area contributed by atoms with Crippen LogP contribution in [0.4, 0.5) is 4.39 Å². The van der Waals surface area contributed by atoms with Crippen LogP contribution >= 0.6 is 11.6 Å². The SMILES string of the molecule is Cc1oc2cc(OCC(=O)N[C@@H](C)CCc3ccccc3)ccc2c(=O)c1-c1c(F)cccc1Cl. The summed E-state index contributed by atoms with van der Waals surface area (Å²) in [5.41, 5.74) is 1.20. The number of amides is 1. The Balaban J connectivity index is 1.43. The second-order valence-corrected chi connectivity index (χ2v) is 8.81. The third kappa shape index (κ3) is 5.72. The molecular weight excluding hydrogens is 469 g/mol. The van der Waals surface area contributed by atoms with Gasteiger partial charge >= 0.3 is 0 Å². The van der Waals surface area contributed by atoms with Crippen LogP contribution in [-0.4, -0.2) is 18.6 Å². The number of benzene rings is 3. The Hall–Kier alpha value is -3.64. The quantitative estimate of drug-likeness (QED) is 0.323. The van der Waals surface area contributed by atoms with Gasteiger partial charge in [-0.15, -0.1) is 0 Å². The Labute approximate surface area is 207 Å². The van der Waals surface area contributed by atoms with E-state index in [0.29, 0.717) is 5.75 Å². The van der Waals surface area contributed by atoms with Gasteiger partial charge in [0.25, 0.3) is 5.91 Å². The molecule has 0 aliphatic heterocycles. The van der Waals surface area contributed by atoms with E-state index in [2.05, 4.69) is 17.4 Å². The molecule has 1 atom stereocenters. The van der Waals surface area contributed by atoms with Gasteiger partial charge in [0.05, 0.1) is 16.0 Å². The molecule has 3 aromatic carbocycles. The van der Waals surface area contributed by atoms with Crippen molar-refractivity contribution in [3.8, 4) is 16.9 Å². The molecule has 0 unspecified atom stereocenters. The highest BCUT2D eigenvalue weighted by molar-refractivity contribution is 6.33. The fourth-order valence-electron chi connectivity index (χ4n) is 3.97. The Morgan fingerprint density at radius 2 is 1.86 bits per heavy atom. The summed E-state index contributed by atoms with van der Waals surface area (Å²) in [6.45, 7) is 3.36. The number of nitrogens with one attached hydrogen (secondary N) is 1. The van der Waals surface area contributed by atoms with Crippen molar-refractivity contribution in [3.05, 3.63) is 99.1 Å². The molecule has 5 nitrogen and oxygen atoms in total. The summed E-state index contributed by atoms with van der Waals surface area (Å²) in [5.74, 6) is -0.232. The van der Waals surface area contributed by atoms with Crippen LogP contribution in [0, 0.1) is 12.7 Å². The highest BCUT2D eigenvalue weighted by Gasteiger charge is 2.20. The first-order valence-electron chi connectivity index (χ1n) is 11.3. The molecule has 1 N–H and O–H groups in total. The average molecular weight is 494 g/mol. The zero-order chi connectivity index (χ0) is 24.9. The monoisotopic (exact) mass is 493 g/mol. The predicted molar refractivity (Wildman–Crippen MR) is 135 cm³/mol. The van der Waals surface area contributed by atoms with Crippen LogP contribution in [0.25, 0.3) is 22.1 Å². The van der Waals surface area contributed by atoms with Crippen molar-refractivity contribution >= 4 is 28.5 Å². The molecule has 1 heterocycles. The van der Waals surface area contributed by atoms with E-state index < -0.39 is 11.2 Å². The molecule has 0 spiro atoms. The summed E-state index contributed by atoms with van der Waals surface area (Å²) in [7, 11) is 0. The van der Waals surface area contributed by atoms with E-state index >= 15 is 0 Å². The van der Waals surface area contributed by atoms with E-state index in [4.69, 9.17) is 20.8 Å². The van der Waals surface area contributed by atoms with Gasteiger partial charge in [-0.1, -0.05) is 48.0 Å². The van der Waals surface area contributed by atoms with E-state index in [9.17, 15) is 14.0 Å². The molecule has 0 saturated carbocycles. The van der Waals surface area contributed by atoms with Gasteiger partial charge in [-0.05, 0) is 56.5 Å². The van der Waals surface area contributed by atoms with Gasteiger partial charge in [0, 0.05) is 17.7 Å². The predicted octanol–water partition coefficient (Wildman–Crippen LogP) is 6.08. The number of carbonyl (C=O) groups is 1. The number of fused-ring (bicyclic) bond motifs is 1. The molecule has 4 rings (SSSR count). The fraction of sp³-hybridized carbons (Fsp3) is 0.214. The Morgan fingerprint density at radius 1 is 1.09 bits per heavy atom. The summed E-state index contributed by atoms with van der Waals surface area (Å²) in [6, 6.07) is 19.0. The molecule has 0 aliphatic carbocycles. The Morgan fingerprint density at radius 3 is 2.60 bits per heavy atom. The summed E-state index contributed by atoms with van der Waals surface area (Å²) >= 11 is 6.16. The van der Waals surface area contributed by atoms with E-state index in [1.807, 2.05) is 25.1 Å². The van der Waals surface area contributed by atoms with Crippen molar-refractivity contribution in [1.82, 2.24) is 5.32 Å². The summed E-state index contributed by atoms with van der Waals surface area (Å²) in [4.78, 5) is 25.4. The lowest BCUT2D eigenvalue weighted by atomic mass is 10.0. The second-order valence-electron chi connectivity index (χ2n) is 8.40. The van der Waals surface area contributed by atoms with Crippen LogP contribution in [0.15, 0.2) is 75.9 Å². The number of ether oxygens (including phenoxy) is 1. The van der Waals surface area contributed by atoms with Gasteiger partial charge in [-0.2, -0.15) is 0 Å². The number of rotatable bonds is 8. The van der Waals surface area contributed by atoms with Crippen LogP contribution in [-0.2, 0) is 11.2 Å². The maximum atomic E-state index is 14.4. The highest BCUT2D eigenvalue weighted by Crippen LogP contribution is 2.32. The largest absolute Gasteiger partial charge is 0.484 e. The van der Waals surface area contributed by atoms with Crippen LogP contribution in [0.5, 0.6) is 5.75 Å². The first-order chi connectivity index (χ1) is 16.8. The van der Waals surface area contributed by atoms with Gasteiger partial charge in [0.2, 0.25) is 5.43 Å². The lowest BCUT2D eigenvalue weighted by molar-refractivity contribution is -0.123. The van der Waals surface area contributed by atoms with Gasteiger partial charge in [0.15, 0.2) is 6.61 Å². The van der Waals surface area contributed by atoms with E-state index in [1.165, 1.54) is 29.8 Å². The van der Waals surface area contributed by atoms with E-state index in [1.54, 1.807) is 19.1 Å². The molecule has 0 saturated heterocycles. The number of hydrogen-bond acceptors (Lipinski definition) is 4. The van der Waals surface area contributed by atoms with Crippen LogP contribution in [0.3, 0.4) is 0 Å². The summed E-state index contributed by atoms with van der Waals surface area (Å²) < 4.78 is 25.9. The van der Waals surface area contributed by atoms with Gasteiger partial charge in [-0.3, -0.25) is 9.59 Å². The molecular formula is C28H25ClFNO4. The normalized spacial score (nSPS) is 11.9. The molecule has 0 bridgehead atoms. The Kier molecular flexibility index (Phi) is 7.51. The Bertz CT molecular complexity index is 1400. The summed E-state index contributed by atoms with van der Waals surface area (Å²) in [5, 5.41) is 3.32. The third-order valence-electron chi connectivity index (χ3n) is 5.74. The smallest absolute Gasteiger partial charge is 0.258 e. The van der Waals surface area contributed by atoms with Gasteiger partial charge in [-0.25, -0.2) is 4.39 Å². The highest BCUT2D eigenvalue weighted by atomic mass is 35.5. The van der Waals surface area contributed by atoms with Gasteiger partial charge < -0.3 is 14.5 Å². The second kappa shape index (κ2) is 10.7. The molecule has 1 aromatic heterocycles. The van der Waals surface area contributed by atoms with Crippen LogP contribution in [0.2, 0.25) is 5.02 Å². The van der Waals surface area contributed by atoms with E-state index in [0.717, 1.165) is 12.8 Å². The van der Waals surface area contributed by atoms with Crippen LogP contribution in [0.1, 0.15) is 24.7 Å². The molecule has 0 fully saturated rings.